The predicted octanol–water partition coefficient (Wildman–Crippen LogP) is 4.87. The molecule has 0 aliphatic carbocycles. The van der Waals surface area contributed by atoms with Gasteiger partial charge in [-0.15, -0.1) is 10.2 Å². The van der Waals surface area contributed by atoms with Gasteiger partial charge in [0.2, 0.25) is 11.8 Å². The van der Waals surface area contributed by atoms with Crippen LogP contribution < -0.4 is 9.46 Å². The van der Waals surface area contributed by atoms with E-state index in [0.717, 1.165) is 0 Å². The van der Waals surface area contributed by atoms with Crippen LogP contribution in [0, 0.1) is 0 Å². The Hall–Kier alpha value is -3.36. The molecule has 1 aromatic heterocycles. The van der Waals surface area contributed by atoms with E-state index in [4.69, 9.17) is 20.8 Å². The summed E-state index contributed by atoms with van der Waals surface area (Å²) >= 11 is 5.85. The van der Waals surface area contributed by atoms with E-state index in [2.05, 4.69) is 14.9 Å². The molecule has 4 rings (SSSR count). The van der Waals surface area contributed by atoms with E-state index in [1.807, 2.05) is 18.2 Å². The number of hydrogen-bond acceptors (Lipinski definition) is 6. The maximum Gasteiger partial charge on any atom is 0.261 e. The van der Waals surface area contributed by atoms with Gasteiger partial charge in [-0.3, -0.25) is 4.72 Å². The Morgan fingerprint density at radius 1 is 0.933 bits per heavy atom. The number of sulfonamides is 1. The molecule has 0 aliphatic heterocycles. The first kappa shape index (κ1) is 19.9. The SMILES string of the molecule is COc1cccc(-c2nnc(-c3ccccc3NS(=O)(=O)c3ccc(Cl)cc3)o2)c1. The van der Waals surface area contributed by atoms with Crippen molar-refractivity contribution in [2.24, 2.45) is 0 Å². The molecule has 0 atom stereocenters. The van der Waals surface area contributed by atoms with Gasteiger partial charge >= 0.3 is 0 Å². The predicted molar refractivity (Wildman–Crippen MR) is 114 cm³/mol. The molecule has 3 aromatic carbocycles. The topological polar surface area (TPSA) is 94.3 Å². The molecule has 30 heavy (non-hydrogen) atoms. The van der Waals surface area contributed by atoms with Crippen LogP contribution in [0.15, 0.2) is 82.1 Å². The van der Waals surface area contributed by atoms with Crippen molar-refractivity contribution in [3.05, 3.63) is 77.8 Å². The summed E-state index contributed by atoms with van der Waals surface area (Å²) in [7, 11) is -2.26. The average Bonchev–Trinajstić information content (AvgIpc) is 3.24. The third-order valence-electron chi connectivity index (χ3n) is 4.27. The fraction of sp³-hybridized carbons (Fsp3) is 0.0476. The second-order valence-electron chi connectivity index (χ2n) is 6.25. The normalized spacial score (nSPS) is 11.3. The zero-order chi connectivity index (χ0) is 21.1. The van der Waals surface area contributed by atoms with E-state index in [1.165, 1.54) is 24.3 Å². The number of aromatic nitrogens is 2. The molecule has 4 aromatic rings. The van der Waals surface area contributed by atoms with Crippen LogP contribution in [0.5, 0.6) is 5.75 Å². The lowest BCUT2D eigenvalue weighted by Gasteiger charge is -2.10. The van der Waals surface area contributed by atoms with Gasteiger partial charge in [-0.05, 0) is 54.6 Å². The van der Waals surface area contributed by atoms with E-state index in [1.54, 1.807) is 37.4 Å². The maximum absolute atomic E-state index is 12.8. The number of benzene rings is 3. The first-order chi connectivity index (χ1) is 14.5. The van der Waals surface area contributed by atoms with Gasteiger partial charge in [-0.25, -0.2) is 8.42 Å². The Labute approximate surface area is 178 Å². The molecule has 0 radical (unpaired) electrons. The van der Waals surface area contributed by atoms with Crippen molar-refractivity contribution in [3.63, 3.8) is 0 Å². The lowest BCUT2D eigenvalue weighted by molar-refractivity contribution is 0.415. The highest BCUT2D eigenvalue weighted by molar-refractivity contribution is 7.92. The third kappa shape index (κ3) is 4.14. The minimum absolute atomic E-state index is 0.0873. The summed E-state index contributed by atoms with van der Waals surface area (Å²) in [5.74, 6) is 1.13. The van der Waals surface area contributed by atoms with E-state index >= 15 is 0 Å². The first-order valence-corrected chi connectivity index (χ1v) is 10.7. The smallest absolute Gasteiger partial charge is 0.261 e. The molecule has 0 amide bonds. The van der Waals surface area contributed by atoms with Gasteiger partial charge in [0.25, 0.3) is 10.0 Å². The van der Waals surface area contributed by atoms with Crippen molar-refractivity contribution in [2.75, 3.05) is 11.8 Å². The fourth-order valence-electron chi connectivity index (χ4n) is 2.78. The number of rotatable bonds is 6. The molecule has 9 heteroatoms. The van der Waals surface area contributed by atoms with Crippen molar-refractivity contribution in [2.45, 2.75) is 4.90 Å². The summed E-state index contributed by atoms with van der Waals surface area (Å²) in [6.07, 6.45) is 0. The minimum Gasteiger partial charge on any atom is -0.497 e. The molecule has 152 valence electrons. The maximum atomic E-state index is 12.8. The number of nitrogens with zero attached hydrogens (tertiary/aromatic N) is 2. The van der Waals surface area contributed by atoms with Crippen LogP contribution in [0.25, 0.3) is 22.9 Å². The van der Waals surface area contributed by atoms with Crippen LogP contribution in [0.2, 0.25) is 5.02 Å². The lowest BCUT2D eigenvalue weighted by atomic mass is 10.2. The summed E-state index contributed by atoms with van der Waals surface area (Å²) in [5, 5.41) is 8.61. The molecule has 1 heterocycles. The molecule has 1 N–H and O–H groups in total. The van der Waals surface area contributed by atoms with Crippen LogP contribution in [-0.4, -0.2) is 25.7 Å². The Balaban J connectivity index is 1.67. The lowest BCUT2D eigenvalue weighted by Crippen LogP contribution is -2.13. The zero-order valence-corrected chi connectivity index (χ0v) is 17.3. The second-order valence-corrected chi connectivity index (χ2v) is 8.37. The molecule has 0 bridgehead atoms. The van der Waals surface area contributed by atoms with Crippen molar-refractivity contribution in [1.29, 1.82) is 0 Å². The quantitative estimate of drug-likeness (QED) is 0.459. The number of anilines is 1. The fourth-order valence-corrected chi connectivity index (χ4v) is 3.99. The van der Waals surface area contributed by atoms with Crippen LogP contribution in [0.1, 0.15) is 0 Å². The number of hydrogen-bond donors (Lipinski definition) is 1. The number of methoxy groups -OCH3 is 1. The second kappa shape index (κ2) is 8.17. The molecule has 0 spiro atoms. The highest BCUT2D eigenvalue weighted by atomic mass is 35.5. The minimum atomic E-state index is -3.83. The van der Waals surface area contributed by atoms with Gasteiger partial charge in [0, 0.05) is 10.6 Å². The molecular formula is C21H16ClN3O4S. The Morgan fingerprint density at radius 2 is 1.67 bits per heavy atom. The first-order valence-electron chi connectivity index (χ1n) is 8.82. The Morgan fingerprint density at radius 3 is 2.43 bits per heavy atom. The van der Waals surface area contributed by atoms with Crippen molar-refractivity contribution < 1.29 is 17.6 Å². The molecule has 0 saturated carbocycles. The van der Waals surface area contributed by atoms with E-state index in [-0.39, 0.29) is 10.8 Å². The van der Waals surface area contributed by atoms with Gasteiger partial charge < -0.3 is 9.15 Å². The van der Waals surface area contributed by atoms with Gasteiger partial charge in [-0.2, -0.15) is 0 Å². The zero-order valence-electron chi connectivity index (χ0n) is 15.7. The van der Waals surface area contributed by atoms with Crippen LogP contribution >= 0.6 is 11.6 Å². The van der Waals surface area contributed by atoms with Crippen molar-refractivity contribution >= 4 is 27.3 Å². The number of ether oxygens (including phenoxy) is 1. The summed E-state index contributed by atoms with van der Waals surface area (Å²) in [6, 6.07) is 19.9. The van der Waals surface area contributed by atoms with Gasteiger partial charge in [-0.1, -0.05) is 29.8 Å². The van der Waals surface area contributed by atoms with E-state index in [9.17, 15) is 8.42 Å². The van der Waals surface area contributed by atoms with Gasteiger partial charge in [0.15, 0.2) is 0 Å². The van der Waals surface area contributed by atoms with Gasteiger partial charge in [0.1, 0.15) is 5.75 Å². The standard InChI is InChI=1S/C21H16ClN3O4S/c1-28-16-6-4-5-14(13-16)20-23-24-21(29-20)18-7-2-3-8-19(18)25-30(26,27)17-11-9-15(22)10-12-17/h2-13,25H,1H3. The Bertz CT molecular complexity index is 1290. The monoisotopic (exact) mass is 441 g/mol. The highest BCUT2D eigenvalue weighted by Gasteiger charge is 2.19. The summed E-state index contributed by atoms with van der Waals surface area (Å²) < 4.78 is 39.1. The number of nitrogens with one attached hydrogen (secondary N) is 1. The number of para-hydroxylation sites is 1. The average molecular weight is 442 g/mol. The summed E-state index contributed by atoms with van der Waals surface area (Å²) in [5.41, 5.74) is 1.46. The van der Waals surface area contributed by atoms with Gasteiger partial charge in [0.05, 0.1) is 23.3 Å². The number of halogens is 1. The van der Waals surface area contributed by atoms with Crippen LogP contribution in [0.3, 0.4) is 0 Å². The molecular weight excluding hydrogens is 426 g/mol. The largest absolute Gasteiger partial charge is 0.497 e. The van der Waals surface area contributed by atoms with Crippen LogP contribution in [0.4, 0.5) is 5.69 Å². The third-order valence-corrected chi connectivity index (χ3v) is 5.90. The molecule has 0 fully saturated rings. The van der Waals surface area contributed by atoms with E-state index in [0.29, 0.717) is 33.5 Å². The Kier molecular flexibility index (Phi) is 5.43. The highest BCUT2D eigenvalue weighted by Crippen LogP contribution is 2.31. The summed E-state index contributed by atoms with van der Waals surface area (Å²) in [4.78, 5) is 0.0873. The molecule has 0 saturated heterocycles. The summed E-state index contributed by atoms with van der Waals surface area (Å²) in [6.45, 7) is 0. The molecule has 0 unspecified atom stereocenters. The van der Waals surface area contributed by atoms with Crippen LogP contribution in [-0.2, 0) is 10.0 Å². The molecule has 7 nitrogen and oxygen atoms in total. The molecule has 0 aliphatic rings. The van der Waals surface area contributed by atoms with Crippen molar-refractivity contribution in [3.8, 4) is 28.7 Å². The van der Waals surface area contributed by atoms with E-state index < -0.39 is 10.0 Å². The van der Waals surface area contributed by atoms with Crippen molar-refractivity contribution in [1.82, 2.24) is 10.2 Å².